The number of ether oxygens (including phenoxy) is 2. The van der Waals surface area contributed by atoms with Gasteiger partial charge in [0, 0.05) is 17.7 Å². The van der Waals surface area contributed by atoms with Gasteiger partial charge in [-0.2, -0.15) is 0 Å². The van der Waals surface area contributed by atoms with Crippen LogP contribution in [0.25, 0.3) is 0 Å². The Morgan fingerprint density at radius 1 is 0.971 bits per heavy atom. The van der Waals surface area contributed by atoms with Crippen LogP contribution in [0.5, 0.6) is 11.5 Å². The van der Waals surface area contributed by atoms with Crippen LogP contribution < -0.4 is 14.8 Å². The highest BCUT2D eigenvalue weighted by atomic mass is 32.2. The number of benzene rings is 3. The van der Waals surface area contributed by atoms with Crippen molar-refractivity contribution < 1.29 is 27.6 Å². The molecule has 0 heterocycles. The zero-order chi connectivity index (χ0) is 24.7. The minimum Gasteiger partial charge on any atom is -0.493 e. The van der Waals surface area contributed by atoms with Crippen molar-refractivity contribution in [3.05, 3.63) is 93.5 Å². The van der Waals surface area contributed by atoms with Crippen molar-refractivity contribution >= 4 is 21.4 Å². The van der Waals surface area contributed by atoms with Gasteiger partial charge in [-0.15, -0.1) is 0 Å². The summed E-state index contributed by atoms with van der Waals surface area (Å²) in [5, 5.41) is 14.2. The van der Waals surface area contributed by atoms with Gasteiger partial charge in [-0.25, -0.2) is 8.42 Å². The molecule has 0 aliphatic rings. The van der Waals surface area contributed by atoms with Gasteiger partial charge in [0.2, 0.25) is 0 Å². The Balaban J connectivity index is 1.69. The average molecular weight is 485 g/mol. The molecule has 0 aliphatic carbocycles. The van der Waals surface area contributed by atoms with E-state index >= 15 is 0 Å². The molecule has 0 bridgehead atoms. The van der Waals surface area contributed by atoms with Crippen LogP contribution in [0.3, 0.4) is 0 Å². The normalized spacial score (nSPS) is 11.0. The fourth-order valence-corrected chi connectivity index (χ4v) is 4.78. The number of nitro benzene ring substituents is 1. The Labute approximate surface area is 197 Å². The van der Waals surface area contributed by atoms with Crippen LogP contribution in [0.15, 0.2) is 71.6 Å². The third-order valence-electron chi connectivity index (χ3n) is 5.11. The molecule has 3 aromatic carbocycles. The molecule has 0 aliphatic heterocycles. The molecule has 0 radical (unpaired) electrons. The van der Waals surface area contributed by atoms with E-state index in [2.05, 4.69) is 5.32 Å². The minimum absolute atomic E-state index is 0.127. The van der Waals surface area contributed by atoms with Crippen molar-refractivity contribution in [2.45, 2.75) is 17.1 Å². The van der Waals surface area contributed by atoms with Gasteiger partial charge >= 0.3 is 0 Å². The summed E-state index contributed by atoms with van der Waals surface area (Å²) < 4.78 is 35.6. The highest BCUT2D eigenvalue weighted by Gasteiger charge is 2.20. The van der Waals surface area contributed by atoms with Crippen molar-refractivity contribution in [2.24, 2.45) is 0 Å². The molecule has 34 heavy (non-hydrogen) atoms. The lowest BCUT2D eigenvalue weighted by molar-refractivity contribution is -0.385. The first-order chi connectivity index (χ1) is 16.2. The first-order valence-corrected chi connectivity index (χ1v) is 11.9. The van der Waals surface area contributed by atoms with Crippen LogP contribution >= 0.6 is 0 Å². The number of nitrogens with one attached hydrogen (secondary N) is 1. The molecule has 10 heteroatoms. The van der Waals surface area contributed by atoms with E-state index in [1.807, 2.05) is 0 Å². The van der Waals surface area contributed by atoms with Crippen LogP contribution in [-0.2, 0) is 22.0 Å². The molecule has 0 saturated heterocycles. The lowest BCUT2D eigenvalue weighted by Crippen LogP contribution is -2.26. The Bertz CT molecular complexity index is 1290. The van der Waals surface area contributed by atoms with Crippen LogP contribution in [0, 0.1) is 10.1 Å². The van der Waals surface area contributed by atoms with E-state index in [4.69, 9.17) is 9.47 Å². The second-order valence-corrected chi connectivity index (χ2v) is 9.36. The van der Waals surface area contributed by atoms with Crippen molar-refractivity contribution in [3.63, 3.8) is 0 Å². The second-order valence-electron chi connectivity index (χ2n) is 7.37. The number of amides is 1. The predicted octanol–water partition coefficient (Wildman–Crippen LogP) is 3.56. The Hall–Kier alpha value is -3.92. The van der Waals surface area contributed by atoms with Crippen molar-refractivity contribution in [2.75, 3.05) is 20.8 Å². The molecule has 3 aromatic rings. The molecular weight excluding hydrogens is 460 g/mol. The molecule has 1 N–H and O–H groups in total. The van der Waals surface area contributed by atoms with E-state index in [0.29, 0.717) is 22.4 Å². The first kappa shape index (κ1) is 24.7. The van der Waals surface area contributed by atoms with Gasteiger partial charge < -0.3 is 14.8 Å². The Morgan fingerprint density at radius 2 is 1.65 bits per heavy atom. The van der Waals surface area contributed by atoms with Gasteiger partial charge in [0.25, 0.3) is 11.6 Å². The van der Waals surface area contributed by atoms with Gasteiger partial charge in [-0.05, 0) is 42.3 Å². The number of hydrogen-bond donors (Lipinski definition) is 1. The summed E-state index contributed by atoms with van der Waals surface area (Å²) in [6, 6.07) is 17.2. The number of carbonyl (C=O) groups excluding carboxylic acids is 1. The maximum Gasteiger partial charge on any atom is 0.276 e. The summed E-state index contributed by atoms with van der Waals surface area (Å²) >= 11 is 0. The molecule has 1 amide bonds. The van der Waals surface area contributed by atoms with E-state index in [9.17, 15) is 23.3 Å². The zero-order valence-electron chi connectivity index (χ0n) is 18.7. The standard InChI is InChI=1S/C24H24N2O7S/c1-32-22-14-18(21(26(28)29)15-23(22)33-2)11-12-25-24(27)19-8-6-7-17(13-19)16-34(30,31)20-9-4-3-5-10-20/h3-10,13-15H,11-12,16H2,1-2H3,(H,25,27). The highest BCUT2D eigenvalue weighted by Crippen LogP contribution is 2.34. The van der Waals surface area contributed by atoms with Gasteiger partial charge in [-0.3, -0.25) is 14.9 Å². The van der Waals surface area contributed by atoms with Crippen LogP contribution in [-0.4, -0.2) is 40.0 Å². The first-order valence-electron chi connectivity index (χ1n) is 10.3. The van der Waals surface area contributed by atoms with Crippen LogP contribution in [0.1, 0.15) is 21.5 Å². The van der Waals surface area contributed by atoms with E-state index in [1.165, 1.54) is 44.6 Å². The summed E-state index contributed by atoms with van der Waals surface area (Å²) in [5.74, 6) is -0.0659. The maximum absolute atomic E-state index is 12.6. The summed E-state index contributed by atoms with van der Waals surface area (Å²) in [6.45, 7) is 0.127. The number of rotatable bonds is 10. The summed E-state index contributed by atoms with van der Waals surface area (Å²) in [6.07, 6.45) is 0.185. The Kier molecular flexibility index (Phi) is 7.85. The largest absolute Gasteiger partial charge is 0.493 e. The third kappa shape index (κ3) is 5.90. The fraction of sp³-hybridized carbons (Fsp3) is 0.208. The molecule has 0 aromatic heterocycles. The number of hydrogen-bond acceptors (Lipinski definition) is 7. The van der Waals surface area contributed by atoms with E-state index in [1.54, 1.807) is 36.4 Å². The molecule has 9 nitrogen and oxygen atoms in total. The SMILES string of the molecule is COc1cc(CCNC(=O)c2cccc(CS(=O)(=O)c3ccccc3)c2)c([N+](=O)[O-])cc1OC. The van der Waals surface area contributed by atoms with Gasteiger partial charge in [-0.1, -0.05) is 30.3 Å². The maximum atomic E-state index is 12.6. The highest BCUT2D eigenvalue weighted by molar-refractivity contribution is 7.90. The van der Waals surface area contributed by atoms with Gasteiger partial charge in [0.1, 0.15) is 0 Å². The average Bonchev–Trinajstić information content (AvgIpc) is 2.83. The number of methoxy groups -OCH3 is 2. The number of nitro groups is 1. The lowest BCUT2D eigenvalue weighted by atomic mass is 10.1. The molecule has 0 saturated carbocycles. The molecule has 0 fully saturated rings. The van der Waals surface area contributed by atoms with Gasteiger partial charge in [0.15, 0.2) is 21.3 Å². The molecule has 178 valence electrons. The van der Waals surface area contributed by atoms with E-state index in [-0.39, 0.29) is 35.1 Å². The Morgan fingerprint density at radius 3 is 2.29 bits per heavy atom. The zero-order valence-corrected chi connectivity index (χ0v) is 19.5. The lowest BCUT2D eigenvalue weighted by Gasteiger charge is -2.11. The monoisotopic (exact) mass is 484 g/mol. The molecule has 0 unspecified atom stereocenters. The third-order valence-corrected chi connectivity index (χ3v) is 6.81. The van der Waals surface area contributed by atoms with E-state index in [0.717, 1.165) is 0 Å². The number of carbonyl (C=O) groups is 1. The summed E-state index contributed by atoms with van der Waals surface area (Å²) in [4.78, 5) is 23.8. The molecular formula is C24H24N2O7S. The predicted molar refractivity (Wildman–Crippen MR) is 126 cm³/mol. The van der Waals surface area contributed by atoms with Crippen molar-refractivity contribution in [1.82, 2.24) is 5.32 Å². The van der Waals surface area contributed by atoms with Crippen LogP contribution in [0.2, 0.25) is 0 Å². The minimum atomic E-state index is -3.55. The van der Waals surface area contributed by atoms with Crippen molar-refractivity contribution in [1.29, 1.82) is 0 Å². The van der Waals surface area contributed by atoms with Crippen LogP contribution in [0.4, 0.5) is 5.69 Å². The van der Waals surface area contributed by atoms with Gasteiger partial charge in [0.05, 0.1) is 35.9 Å². The molecule has 3 rings (SSSR count). The summed E-state index contributed by atoms with van der Waals surface area (Å²) in [5.41, 5.74) is 1.01. The molecule has 0 spiro atoms. The molecule has 0 atom stereocenters. The summed E-state index contributed by atoms with van der Waals surface area (Å²) in [7, 11) is -0.731. The number of sulfone groups is 1. The smallest absolute Gasteiger partial charge is 0.276 e. The number of nitrogens with zero attached hydrogens (tertiary/aromatic N) is 1. The second kappa shape index (κ2) is 10.8. The quantitative estimate of drug-likeness (QED) is 0.345. The van der Waals surface area contributed by atoms with Crippen molar-refractivity contribution in [3.8, 4) is 11.5 Å². The van der Waals surface area contributed by atoms with E-state index < -0.39 is 20.7 Å². The topological polar surface area (TPSA) is 125 Å². The fourth-order valence-electron chi connectivity index (χ4n) is 3.43.